The topological polar surface area (TPSA) is 94.8 Å². The largest absolute Gasteiger partial charge is 0.463 e. The van der Waals surface area contributed by atoms with Gasteiger partial charge in [-0.1, -0.05) is 46.8 Å². The predicted molar refractivity (Wildman–Crippen MR) is 111 cm³/mol. The Balaban J connectivity index is 2.00. The van der Waals surface area contributed by atoms with E-state index < -0.39 is 18.0 Å². The Morgan fingerprint density at radius 3 is 2.20 bits per heavy atom. The molecule has 1 N–H and O–H groups in total. The number of methoxy groups -OCH3 is 1. The molecule has 30 heavy (non-hydrogen) atoms. The van der Waals surface area contributed by atoms with Gasteiger partial charge in [0.15, 0.2) is 0 Å². The number of esters is 2. The maximum absolute atomic E-state index is 12.6. The first kappa shape index (κ1) is 23.2. The normalized spacial score (nSPS) is 12.4. The van der Waals surface area contributed by atoms with Crippen molar-refractivity contribution in [3.8, 4) is 0 Å². The predicted octanol–water partition coefficient (Wildman–Crippen LogP) is 3.86. The Hall–Kier alpha value is -3.09. The van der Waals surface area contributed by atoms with Gasteiger partial charge >= 0.3 is 11.9 Å². The van der Waals surface area contributed by atoms with Gasteiger partial charge in [0.25, 0.3) is 5.91 Å². The van der Waals surface area contributed by atoms with Crippen LogP contribution in [-0.2, 0) is 26.3 Å². The molecule has 0 aliphatic heterocycles. The second-order valence-corrected chi connectivity index (χ2v) is 8.39. The summed E-state index contributed by atoms with van der Waals surface area (Å²) < 4.78 is 15.1. The van der Waals surface area contributed by atoms with Crippen molar-refractivity contribution in [2.24, 2.45) is 5.92 Å². The summed E-state index contributed by atoms with van der Waals surface area (Å²) in [5.41, 5.74) is 1.57. The highest BCUT2D eigenvalue weighted by molar-refractivity contribution is 5.96. The Bertz CT molecular complexity index is 889. The van der Waals surface area contributed by atoms with Crippen molar-refractivity contribution in [1.29, 1.82) is 0 Å². The van der Waals surface area contributed by atoms with Crippen LogP contribution in [0.5, 0.6) is 0 Å². The minimum atomic E-state index is -0.824. The Morgan fingerprint density at radius 2 is 1.67 bits per heavy atom. The Kier molecular flexibility index (Phi) is 7.43. The van der Waals surface area contributed by atoms with Gasteiger partial charge in [-0.2, -0.15) is 0 Å². The van der Waals surface area contributed by atoms with Crippen molar-refractivity contribution < 1.29 is 28.3 Å². The summed E-state index contributed by atoms with van der Waals surface area (Å²) in [6.45, 7) is 9.77. The standard InChI is InChI=1S/C23H29NO6/c1-14(2)19(22(27)29-13-17-11-12-18(30-17)21(26)28-6)24-20(25)15-7-9-16(10-8-15)23(3,4)5/h7-12,14,19H,13H2,1-6H3,(H,24,25)/t19-/m0/s1. The maximum Gasteiger partial charge on any atom is 0.373 e. The second kappa shape index (κ2) is 9.61. The van der Waals surface area contributed by atoms with E-state index in [4.69, 9.17) is 9.15 Å². The van der Waals surface area contributed by atoms with Crippen LogP contribution >= 0.6 is 0 Å². The van der Waals surface area contributed by atoms with E-state index in [-0.39, 0.29) is 29.6 Å². The van der Waals surface area contributed by atoms with Crippen molar-refractivity contribution in [2.45, 2.75) is 52.7 Å². The number of carbonyl (C=O) groups excluding carboxylic acids is 3. The second-order valence-electron chi connectivity index (χ2n) is 8.39. The number of furan rings is 1. The van der Waals surface area contributed by atoms with Gasteiger partial charge in [-0.25, -0.2) is 9.59 Å². The van der Waals surface area contributed by atoms with Crippen LogP contribution in [0.25, 0.3) is 0 Å². The summed E-state index contributed by atoms with van der Waals surface area (Å²) in [6, 6.07) is 9.46. The lowest BCUT2D eigenvalue weighted by Gasteiger charge is -2.21. The fraction of sp³-hybridized carbons (Fsp3) is 0.435. The van der Waals surface area contributed by atoms with Gasteiger partial charge in [0.2, 0.25) is 5.76 Å². The molecule has 1 aromatic heterocycles. The van der Waals surface area contributed by atoms with Crippen LogP contribution in [-0.4, -0.2) is 31.0 Å². The molecule has 0 fully saturated rings. The zero-order chi connectivity index (χ0) is 22.5. The Labute approximate surface area is 176 Å². The number of amides is 1. The molecule has 7 nitrogen and oxygen atoms in total. The van der Waals surface area contributed by atoms with Crippen molar-refractivity contribution in [2.75, 3.05) is 7.11 Å². The van der Waals surface area contributed by atoms with Crippen LogP contribution in [0.3, 0.4) is 0 Å². The smallest absolute Gasteiger partial charge is 0.373 e. The molecule has 0 unspecified atom stereocenters. The van der Waals surface area contributed by atoms with E-state index in [1.807, 2.05) is 26.0 Å². The molecule has 0 bridgehead atoms. The third kappa shape index (κ3) is 5.95. The number of rotatable bonds is 7. The van der Waals surface area contributed by atoms with E-state index in [1.54, 1.807) is 12.1 Å². The molecule has 1 aromatic carbocycles. The molecule has 0 spiro atoms. The lowest BCUT2D eigenvalue weighted by atomic mass is 9.86. The van der Waals surface area contributed by atoms with Gasteiger partial charge in [-0.3, -0.25) is 4.79 Å². The summed E-state index contributed by atoms with van der Waals surface area (Å²) in [6.07, 6.45) is 0. The minimum absolute atomic E-state index is 0.0150. The molecule has 1 heterocycles. The average Bonchev–Trinajstić information content (AvgIpc) is 3.17. The first-order valence-corrected chi connectivity index (χ1v) is 9.78. The third-order valence-corrected chi connectivity index (χ3v) is 4.63. The van der Waals surface area contributed by atoms with Crippen LogP contribution in [0.1, 0.15) is 66.9 Å². The van der Waals surface area contributed by atoms with E-state index in [0.717, 1.165) is 5.56 Å². The van der Waals surface area contributed by atoms with Crippen molar-refractivity contribution in [3.63, 3.8) is 0 Å². The Morgan fingerprint density at radius 1 is 1.03 bits per heavy atom. The molecule has 1 amide bonds. The van der Waals surface area contributed by atoms with E-state index in [0.29, 0.717) is 11.3 Å². The van der Waals surface area contributed by atoms with Crippen LogP contribution in [0, 0.1) is 5.92 Å². The third-order valence-electron chi connectivity index (χ3n) is 4.63. The van der Waals surface area contributed by atoms with Gasteiger partial charge in [0.1, 0.15) is 18.4 Å². The summed E-state index contributed by atoms with van der Waals surface area (Å²) in [5, 5.41) is 2.74. The molecule has 0 aliphatic carbocycles. The summed E-state index contributed by atoms with van der Waals surface area (Å²) >= 11 is 0. The van der Waals surface area contributed by atoms with Crippen LogP contribution < -0.4 is 5.32 Å². The lowest BCUT2D eigenvalue weighted by Crippen LogP contribution is -2.45. The van der Waals surface area contributed by atoms with Crippen LogP contribution in [0.4, 0.5) is 0 Å². The zero-order valence-corrected chi connectivity index (χ0v) is 18.3. The van der Waals surface area contributed by atoms with Gasteiger partial charge in [-0.05, 0) is 41.2 Å². The number of benzene rings is 1. The molecule has 1 atom stereocenters. The van der Waals surface area contributed by atoms with E-state index in [9.17, 15) is 14.4 Å². The number of ether oxygens (including phenoxy) is 2. The van der Waals surface area contributed by atoms with Crippen molar-refractivity contribution >= 4 is 17.8 Å². The highest BCUT2D eigenvalue weighted by atomic mass is 16.6. The molecule has 162 valence electrons. The molecule has 0 saturated heterocycles. The zero-order valence-electron chi connectivity index (χ0n) is 18.3. The summed E-state index contributed by atoms with van der Waals surface area (Å²) in [7, 11) is 1.25. The molecule has 0 aliphatic rings. The molecule has 2 aromatic rings. The molecular formula is C23H29NO6. The maximum atomic E-state index is 12.6. The fourth-order valence-electron chi connectivity index (χ4n) is 2.74. The molecular weight excluding hydrogens is 386 g/mol. The van der Waals surface area contributed by atoms with Crippen molar-refractivity contribution in [1.82, 2.24) is 5.32 Å². The van der Waals surface area contributed by atoms with Gasteiger partial charge in [0.05, 0.1) is 7.11 Å². The monoisotopic (exact) mass is 415 g/mol. The molecule has 0 radical (unpaired) electrons. The number of carbonyl (C=O) groups is 3. The van der Waals surface area contributed by atoms with E-state index in [2.05, 4.69) is 30.8 Å². The highest BCUT2D eigenvalue weighted by Gasteiger charge is 2.27. The average molecular weight is 415 g/mol. The van der Waals surface area contributed by atoms with Gasteiger partial charge in [0, 0.05) is 5.56 Å². The molecule has 7 heteroatoms. The SMILES string of the molecule is COC(=O)c1ccc(COC(=O)[C@@H](NC(=O)c2ccc(C(C)(C)C)cc2)C(C)C)o1. The van der Waals surface area contributed by atoms with Crippen LogP contribution in [0.2, 0.25) is 0 Å². The fourth-order valence-corrected chi connectivity index (χ4v) is 2.74. The highest BCUT2D eigenvalue weighted by Crippen LogP contribution is 2.22. The number of nitrogens with one attached hydrogen (secondary N) is 1. The molecule has 2 rings (SSSR count). The summed E-state index contributed by atoms with van der Waals surface area (Å²) in [5.74, 6) is -1.40. The van der Waals surface area contributed by atoms with Gasteiger partial charge < -0.3 is 19.2 Å². The van der Waals surface area contributed by atoms with Gasteiger partial charge in [-0.15, -0.1) is 0 Å². The van der Waals surface area contributed by atoms with E-state index >= 15 is 0 Å². The first-order chi connectivity index (χ1) is 14.0. The molecule has 0 saturated carbocycles. The van der Waals surface area contributed by atoms with Crippen molar-refractivity contribution in [3.05, 3.63) is 59.0 Å². The number of hydrogen-bond donors (Lipinski definition) is 1. The lowest BCUT2D eigenvalue weighted by molar-refractivity contribution is -0.149. The summed E-state index contributed by atoms with van der Waals surface area (Å²) in [4.78, 5) is 36.6. The quantitative estimate of drug-likeness (QED) is 0.690. The van der Waals surface area contributed by atoms with Crippen LogP contribution in [0.15, 0.2) is 40.8 Å². The number of hydrogen-bond acceptors (Lipinski definition) is 6. The minimum Gasteiger partial charge on any atom is -0.463 e. The first-order valence-electron chi connectivity index (χ1n) is 9.78. The van der Waals surface area contributed by atoms with E-state index in [1.165, 1.54) is 19.2 Å².